The van der Waals surface area contributed by atoms with Gasteiger partial charge in [-0.1, -0.05) is 52.9 Å². The third-order valence-electron chi connectivity index (χ3n) is 7.09. The average Bonchev–Trinajstić information content (AvgIpc) is 3.26. The van der Waals surface area contributed by atoms with Gasteiger partial charge in [0.05, 0.1) is 40.9 Å². The highest BCUT2D eigenvalue weighted by Gasteiger charge is 2.35. The van der Waals surface area contributed by atoms with Gasteiger partial charge in [-0.15, -0.1) is 0 Å². The molecular weight excluding hydrogens is 578 g/mol. The Labute approximate surface area is 250 Å². The number of halogens is 1. The SMILES string of the molecule is CCOC(=O)C1=C(C)N=c2s/c(=C\c3ccc4c(c3)Sc3ccccc3N4C)c(=O)n2[C@@H]1c1cc(Cl)ccc1OC. The molecule has 3 heterocycles. The van der Waals surface area contributed by atoms with Gasteiger partial charge < -0.3 is 14.4 Å². The molecule has 1 atom stereocenters. The number of ether oxygens (including phenoxy) is 2. The maximum atomic E-state index is 14.0. The number of carbonyl (C=O) groups excluding carboxylic acids is 1. The van der Waals surface area contributed by atoms with Crippen LogP contribution >= 0.6 is 34.7 Å². The molecule has 0 amide bonds. The van der Waals surface area contributed by atoms with Gasteiger partial charge in [0.2, 0.25) is 0 Å². The number of hydrogen-bond acceptors (Lipinski definition) is 8. The molecule has 10 heteroatoms. The van der Waals surface area contributed by atoms with E-state index in [1.165, 1.54) is 16.2 Å². The average molecular weight is 604 g/mol. The van der Waals surface area contributed by atoms with Gasteiger partial charge in [0.1, 0.15) is 11.8 Å². The number of esters is 1. The minimum absolute atomic E-state index is 0.190. The smallest absolute Gasteiger partial charge is 0.338 e. The van der Waals surface area contributed by atoms with Gasteiger partial charge in [-0.2, -0.15) is 0 Å². The summed E-state index contributed by atoms with van der Waals surface area (Å²) >= 11 is 9.38. The molecule has 2 aliphatic heterocycles. The quantitative estimate of drug-likeness (QED) is 0.273. The van der Waals surface area contributed by atoms with Crippen molar-refractivity contribution in [3.63, 3.8) is 0 Å². The number of hydrogen-bond donors (Lipinski definition) is 0. The summed E-state index contributed by atoms with van der Waals surface area (Å²) in [5, 5.41) is 0.457. The first-order valence-corrected chi connectivity index (χ1v) is 15.0. The topological polar surface area (TPSA) is 73.1 Å². The van der Waals surface area contributed by atoms with Crippen molar-refractivity contribution in [3.05, 3.63) is 108 Å². The Bertz CT molecular complexity index is 1930. The Kier molecular flexibility index (Phi) is 7.27. The van der Waals surface area contributed by atoms with Crippen LogP contribution in [0.25, 0.3) is 6.08 Å². The van der Waals surface area contributed by atoms with Crippen molar-refractivity contribution in [1.29, 1.82) is 0 Å². The second kappa shape index (κ2) is 10.9. The number of methoxy groups -OCH3 is 1. The fourth-order valence-electron chi connectivity index (χ4n) is 5.20. The van der Waals surface area contributed by atoms with Crippen molar-refractivity contribution in [3.8, 4) is 5.75 Å². The van der Waals surface area contributed by atoms with Crippen LogP contribution in [0, 0.1) is 0 Å². The second-order valence-electron chi connectivity index (χ2n) is 9.54. The van der Waals surface area contributed by atoms with Gasteiger partial charge in [-0.3, -0.25) is 9.36 Å². The Balaban J connectivity index is 1.50. The van der Waals surface area contributed by atoms with Crippen molar-refractivity contribution >= 4 is 58.1 Å². The van der Waals surface area contributed by atoms with E-state index in [0.717, 1.165) is 21.8 Å². The van der Waals surface area contributed by atoms with Crippen LogP contribution in [0.4, 0.5) is 11.4 Å². The molecule has 208 valence electrons. The molecule has 0 fully saturated rings. The van der Waals surface area contributed by atoms with Crippen molar-refractivity contribution < 1.29 is 14.3 Å². The lowest BCUT2D eigenvalue weighted by atomic mass is 9.95. The number of para-hydroxylation sites is 1. The van der Waals surface area contributed by atoms with E-state index in [1.54, 1.807) is 55.5 Å². The second-order valence-corrected chi connectivity index (χ2v) is 12.1. The van der Waals surface area contributed by atoms with Crippen molar-refractivity contribution in [2.45, 2.75) is 29.7 Å². The van der Waals surface area contributed by atoms with Crippen LogP contribution in [0.15, 0.2) is 91.5 Å². The van der Waals surface area contributed by atoms with Crippen LogP contribution in [0.5, 0.6) is 5.75 Å². The molecule has 0 spiro atoms. The van der Waals surface area contributed by atoms with Crippen LogP contribution in [0.1, 0.15) is 31.0 Å². The Morgan fingerprint density at radius 3 is 2.66 bits per heavy atom. The Morgan fingerprint density at radius 2 is 1.88 bits per heavy atom. The van der Waals surface area contributed by atoms with E-state index in [9.17, 15) is 9.59 Å². The first-order valence-electron chi connectivity index (χ1n) is 13.0. The number of allylic oxidation sites excluding steroid dienone is 1. The zero-order valence-electron chi connectivity index (χ0n) is 22.8. The first-order chi connectivity index (χ1) is 19.8. The standard InChI is InChI=1S/C31H26ClN3O4S2/c1-5-39-30(37)27-17(2)33-31-35(28(27)20-16-19(32)11-13-23(20)38-4)29(36)26(41-31)15-18-10-12-22-25(14-18)40-24-9-7-6-8-21(24)34(22)3/h6-16,28H,5H2,1-4H3/b26-15-/t28-/m1/s1. The summed E-state index contributed by atoms with van der Waals surface area (Å²) in [5.74, 6) is -0.0345. The van der Waals surface area contributed by atoms with Gasteiger partial charge in [-0.25, -0.2) is 9.79 Å². The van der Waals surface area contributed by atoms with E-state index in [0.29, 0.717) is 31.4 Å². The third kappa shape index (κ3) is 4.77. The van der Waals surface area contributed by atoms with Crippen LogP contribution in [-0.2, 0) is 9.53 Å². The largest absolute Gasteiger partial charge is 0.496 e. The molecule has 0 N–H and O–H groups in total. The molecule has 1 aromatic heterocycles. The summed E-state index contributed by atoms with van der Waals surface area (Å²) in [6, 6.07) is 18.8. The highest BCUT2D eigenvalue weighted by Crippen LogP contribution is 2.47. The fourth-order valence-corrected chi connectivity index (χ4v) is 7.63. The lowest BCUT2D eigenvalue weighted by Crippen LogP contribution is -2.40. The Morgan fingerprint density at radius 1 is 1.10 bits per heavy atom. The molecule has 0 unspecified atom stereocenters. The zero-order valence-corrected chi connectivity index (χ0v) is 25.2. The molecular formula is C31H26ClN3O4S2. The van der Waals surface area contributed by atoms with Gasteiger partial charge >= 0.3 is 5.97 Å². The lowest BCUT2D eigenvalue weighted by Gasteiger charge is -2.29. The van der Waals surface area contributed by atoms with E-state index in [4.69, 9.17) is 21.1 Å². The minimum atomic E-state index is -0.815. The van der Waals surface area contributed by atoms with Gasteiger partial charge in [-0.05, 0) is 68.0 Å². The van der Waals surface area contributed by atoms with Crippen molar-refractivity contribution in [2.24, 2.45) is 4.99 Å². The maximum Gasteiger partial charge on any atom is 0.338 e. The van der Waals surface area contributed by atoms with Crippen LogP contribution in [0.3, 0.4) is 0 Å². The highest BCUT2D eigenvalue weighted by molar-refractivity contribution is 7.99. The van der Waals surface area contributed by atoms with Gasteiger partial charge in [0.15, 0.2) is 4.80 Å². The number of carbonyl (C=O) groups is 1. The highest BCUT2D eigenvalue weighted by atomic mass is 35.5. The van der Waals surface area contributed by atoms with E-state index < -0.39 is 12.0 Å². The lowest BCUT2D eigenvalue weighted by molar-refractivity contribution is -0.139. The van der Waals surface area contributed by atoms with E-state index in [-0.39, 0.29) is 17.7 Å². The number of rotatable bonds is 5. The van der Waals surface area contributed by atoms with Crippen LogP contribution < -0.4 is 24.5 Å². The molecule has 2 aliphatic rings. The summed E-state index contributed by atoms with van der Waals surface area (Å²) < 4.78 is 13.1. The number of aromatic nitrogens is 1. The monoisotopic (exact) mass is 603 g/mol. The molecule has 7 nitrogen and oxygen atoms in total. The molecule has 6 rings (SSSR count). The molecule has 0 aliphatic carbocycles. The molecule has 3 aromatic carbocycles. The number of benzene rings is 3. The summed E-state index contributed by atoms with van der Waals surface area (Å²) in [6.45, 7) is 3.68. The van der Waals surface area contributed by atoms with Crippen molar-refractivity contribution in [1.82, 2.24) is 4.57 Å². The van der Waals surface area contributed by atoms with E-state index in [2.05, 4.69) is 41.2 Å². The van der Waals surface area contributed by atoms with Gasteiger partial charge in [0, 0.05) is 27.4 Å². The normalized spacial score (nSPS) is 16.1. The van der Waals surface area contributed by atoms with Crippen LogP contribution in [-0.4, -0.2) is 31.3 Å². The summed E-state index contributed by atoms with van der Waals surface area (Å²) in [6.07, 6.45) is 1.88. The molecule has 0 radical (unpaired) electrons. The molecule has 0 saturated carbocycles. The summed E-state index contributed by atoms with van der Waals surface area (Å²) in [5.41, 5.74) is 4.24. The third-order valence-corrected chi connectivity index (χ3v) is 9.42. The number of nitrogens with zero attached hydrogens (tertiary/aromatic N) is 3. The minimum Gasteiger partial charge on any atom is -0.496 e. The Hall–Kier alpha value is -3.79. The zero-order chi connectivity index (χ0) is 28.8. The first kappa shape index (κ1) is 27.4. The molecule has 4 aromatic rings. The number of thiazole rings is 1. The molecule has 0 bridgehead atoms. The molecule has 0 saturated heterocycles. The maximum absolute atomic E-state index is 14.0. The van der Waals surface area contributed by atoms with Gasteiger partial charge in [0.25, 0.3) is 5.56 Å². The van der Waals surface area contributed by atoms with Crippen LogP contribution in [0.2, 0.25) is 5.02 Å². The fraction of sp³-hybridized carbons (Fsp3) is 0.194. The van der Waals surface area contributed by atoms with Crippen molar-refractivity contribution in [2.75, 3.05) is 25.7 Å². The summed E-state index contributed by atoms with van der Waals surface area (Å²) in [7, 11) is 3.60. The molecule has 41 heavy (non-hydrogen) atoms. The van der Waals surface area contributed by atoms with E-state index >= 15 is 0 Å². The predicted octanol–water partition coefficient (Wildman–Crippen LogP) is 5.69. The van der Waals surface area contributed by atoms with E-state index in [1.807, 2.05) is 24.3 Å². The number of fused-ring (bicyclic) bond motifs is 3. The predicted molar refractivity (Wildman–Crippen MR) is 163 cm³/mol. The summed E-state index contributed by atoms with van der Waals surface area (Å²) in [4.78, 5) is 36.9. The number of anilines is 2.